The first-order chi connectivity index (χ1) is 8.66. The average molecular weight is 245 g/mol. The molecular formula is C12H11N3O3. The van der Waals surface area contributed by atoms with Gasteiger partial charge < -0.3 is 9.52 Å². The summed E-state index contributed by atoms with van der Waals surface area (Å²) >= 11 is 0. The molecule has 1 aromatic heterocycles. The summed E-state index contributed by atoms with van der Waals surface area (Å²) in [5.41, 5.74) is 3.11. The Morgan fingerprint density at radius 1 is 1.44 bits per heavy atom. The van der Waals surface area contributed by atoms with Gasteiger partial charge in [-0.15, -0.1) is 0 Å². The highest BCUT2D eigenvalue weighted by Crippen LogP contribution is 2.24. The minimum Gasteiger partial charge on any atom is -0.479 e. The van der Waals surface area contributed by atoms with E-state index in [1.54, 1.807) is 12.1 Å². The molecule has 92 valence electrons. The molecule has 1 aromatic carbocycles. The molecule has 0 radical (unpaired) electrons. The third kappa shape index (κ3) is 2.73. The molecule has 0 aliphatic rings. The Balaban J connectivity index is 2.22. The van der Waals surface area contributed by atoms with Crippen LogP contribution < -0.4 is 5.43 Å². The van der Waals surface area contributed by atoms with Gasteiger partial charge in [-0.25, -0.2) is 10.4 Å². The van der Waals surface area contributed by atoms with E-state index >= 15 is 0 Å². The molecule has 0 bridgehead atoms. The highest BCUT2D eigenvalue weighted by Gasteiger charge is 2.11. The fourth-order valence-electron chi connectivity index (χ4n) is 1.30. The first kappa shape index (κ1) is 11.8. The summed E-state index contributed by atoms with van der Waals surface area (Å²) < 4.78 is 5.10. The second-order valence-corrected chi connectivity index (χ2v) is 3.50. The second-order valence-electron chi connectivity index (χ2n) is 3.50. The number of oxazole rings is 1. The smallest absolute Gasteiger partial charge is 0.312 e. The molecule has 1 heterocycles. The van der Waals surface area contributed by atoms with Gasteiger partial charge in [-0.1, -0.05) is 18.2 Å². The van der Waals surface area contributed by atoms with Crippen molar-refractivity contribution in [3.05, 3.63) is 36.0 Å². The van der Waals surface area contributed by atoms with Gasteiger partial charge in [-0.3, -0.25) is 4.79 Å². The lowest BCUT2D eigenvalue weighted by Crippen LogP contribution is -2.12. The zero-order valence-electron chi connectivity index (χ0n) is 9.62. The standard InChI is InChI=1S/C12H11N3O3/c1-8(16)15-13-7-10-12(17)18-11(14-10)9-5-3-2-4-6-9/h2-7,17H,1H3,(H,15,16)/b13-7+. The Kier molecular flexibility index (Phi) is 3.38. The quantitative estimate of drug-likeness (QED) is 0.633. The summed E-state index contributed by atoms with van der Waals surface area (Å²) in [6.45, 7) is 1.33. The average Bonchev–Trinajstić information content (AvgIpc) is 2.72. The fourth-order valence-corrected chi connectivity index (χ4v) is 1.30. The normalized spacial score (nSPS) is 10.7. The summed E-state index contributed by atoms with van der Waals surface area (Å²) in [5, 5.41) is 13.1. The lowest BCUT2D eigenvalue weighted by Gasteiger charge is -1.91. The largest absolute Gasteiger partial charge is 0.479 e. The Bertz CT molecular complexity index is 576. The Morgan fingerprint density at radius 3 is 2.83 bits per heavy atom. The van der Waals surface area contributed by atoms with Crippen LogP contribution in [0.5, 0.6) is 5.95 Å². The van der Waals surface area contributed by atoms with Crippen molar-refractivity contribution in [2.24, 2.45) is 5.10 Å². The van der Waals surface area contributed by atoms with E-state index in [1.807, 2.05) is 18.2 Å². The van der Waals surface area contributed by atoms with Crippen LogP contribution in [0.15, 0.2) is 39.9 Å². The van der Waals surface area contributed by atoms with Crippen molar-refractivity contribution in [3.8, 4) is 17.4 Å². The number of nitrogens with zero attached hydrogens (tertiary/aromatic N) is 2. The number of hydrazone groups is 1. The van der Waals surface area contributed by atoms with Crippen LogP contribution in [0, 0.1) is 0 Å². The number of benzene rings is 1. The lowest BCUT2D eigenvalue weighted by molar-refractivity contribution is -0.118. The van der Waals surface area contributed by atoms with Gasteiger partial charge in [-0.2, -0.15) is 5.10 Å². The Morgan fingerprint density at radius 2 is 2.17 bits per heavy atom. The van der Waals surface area contributed by atoms with Gasteiger partial charge >= 0.3 is 5.95 Å². The molecule has 0 aliphatic carbocycles. The molecule has 0 fully saturated rings. The first-order valence-electron chi connectivity index (χ1n) is 5.21. The molecule has 0 unspecified atom stereocenters. The van der Waals surface area contributed by atoms with Gasteiger partial charge in [0.2, 0.25) is 11.8 Å². The van der Waals surface area contributed by atoms with Gasteiger partial charge in [0, 0.05) is 12.5 Å². The minimum atomic E-state index is -0.344. The molecule has 6 heteroatoms. The third-order valence-electron chi connectivity index (χ3n) is 2.06. The number of hydrogen-bond donors (Lipinski definition) is 2. The number of nitrogens with one attached hydrogen (secondary N) is 1. The molecule has 2 aromatic rings. The van der Waals surface area contributed by atoms with Crippen molar-refractivity contribution < 1.29 is 14.3 Å². The molecule has 2 N–H and O–H groups in total. The number of aromatic nitrogens is 1. The maximum atomic E-state index is 10.6. The third-order valence-corrected chi connectivity index (χ3v) is 2.06. The Labute approximate surface area is 103 Å². The summed E-state index contributed by atoms with van der Waals surface area (Å²) in [6, 6.07) is 9.15. The van der Waals surface area contributed by atoms with Crippen LogP contribution in [-0.2, 0) is 4.79 Å². The monoisotopic (exact) mass is 245 g/mol. The van der Waals surface area contributed by atoms with E-state index in [2.05, 4.69) is 15.5 Å². The zero-order valence-corrected chi connectivity index (χ0v) is 9.62. The van der Waals surface area contributed by atoms with Crippen LogP contribution in [0.3, 0.4) is 0 Å². The number of carbonyl (C=O) groups excluding carboxylic acids is 1. The predicted molar refractivity (Wildman–Crippen MR) is 65.0 cm³/mol. The molecule has 6 nitrogen and oxygen atoms in total. The van der Waals surface area contributed by atoms with Crippen LogP contribution in [0.1, 0.15) is 12.6 Å². The van der Waals surface area contributed by atoms with E-state index in [9.17, 15) is 9.90 Å². The molecule has 1 amide bonds. The summed E-state index contributed by atoms with van der Waals surface area (Å²) in [6.07, 6.45) is 1.21. The summed E-state index contributed by atoms with van der Waals surface area (Å²) in [4.78, 5) is 14.7. The molecule has 0 aliphatic heterocycles. The highest BCUT2D eigenvalue weighted by atomic mass is 16.5. The van der Waals surface area contributed by atoms with Crippen LogP contribution in [0.2, 0.25) is 0 Å². The van der Waals surface area contributed by atoms with E-state index in [4.69, 9.17) is 4.42 Å². The lowest BCUT2D eigenvalue weighted by atomic mass is 10.2. The molecule has 0 saturated carbocycles. The van der Waals surface area contributed by atoms with Crippen LogP contribution >= 0.6 is 0 Å². The maximum Gasteiger partial charge on any atom is 0.312 e. The maximum absolute atomic E-state index is 10.6. The van der Waals surface area contributed by atoms with Crippen molar-refractivity contribution in [1.82, 2.24) is 10.4 Å². The molecule has 2 rings (SSSR count). The van der Waals surface area contributed by atoms with E-state index in [-0.39, 0.29) is 23.4 Å². The van der Waals surface area contributed by atoms with Gasteiger partial charge in [-0.05, 0) is 12.1 Å². The van der Waals surface area contributed by atoms with Gasteiger partial charge in [0.05, 0.1) is 6.21 Å². The van der Waals surface area contributed by atoms with Crippen molar-refractivity contribution in [2.75, 3.05) is 0 Å². The number of amides is 1. The van der Waals surface area contributed by atoms with Crippen molar-refractivity contribution in [2.45, 2.75) is 6.92 Å². The summed E-state index contributed by atoms with van der Waals surface area (Å²) in [5.74, 6) is -0.363. The van der Waals surface area contributed by atoms with Gasteiger partial charge in [0.1, 0.15) is 0 Å². The number of rotatable bonds is 3. The number of carbonyl (C=O) groups is 1. The van der Waals surface area contributed by atoms with Crippen LogP contribution in [-0.4, -0.2) is 22.2 Å². The summed E-state index contributed by atoms with van der Waals surface area (Å²) in [7, 11) is 0. The van der Waals surface area contributed by atoms with E-state index < -0.39 is 0 Å². The van der Waals surface area contributed by atoms with E-state index in [0.29, 0.717) is 0 Å². The topological polar surface area (TPSA) is 87.7 Å². The van der Waals surface area contributed by atoms with Gasteiger partial charge in [0.15, 0.2) is 5.69 Å². The minimum absolute atomic E-state index is 0.155. The number of hydrogen-bond acceptors (Lipinski definition) is 5. The zero-order chi connectivity index (χ0) is 13.0. The first-order valence-corrected chi connectivity index (χ1v) is 5.21. The SMILES string of the molecule is CC(=O)N/N=C/c1nc(-c2ccccc2)oc1O. The fraction of sp³-hybridized carbons (Fsp3) is 0.0833. The van der Waals surface area contributed by atoms with Crippen LogP contribution in [0.4, 0.5) is 0 Å². The molecule has 18 heavy (non-hydrogen) atoms. The van der Waals surface area contributed by atoms with Crippen LogP contribution in [0.25, 0.3) is 11.5 Å². The van der Waals surface area contributed by atoms with E-state index in [1.165, 1.54) is 13.1 Å². The molecule has 0 saturated heterocycles. The van der Waals surface area contributed by atoms with Crippen molar-refractivity contribution >= 4 is 12.1 Å². The van der Waals surface area contributed by atoms with Crippen molar-refractivity contribution in [3.63, 3.8) is 0 Å². The highest BCUT2D eigenvalue weighted by molar-refractivity contribution is 5.82. The molecule has 0 atom stereocenters. The second kappa shape index (κ2) is 5.13. The predicted octanol–water partition coefficient (Wildman–Crippen LogP) is 1.52. The Hall–Kier alpha value is -2.63. The van der Waals surface area contributed by atoms with Gasteiger partial charge in [0.25, 0.3) is 0 Å². The van der Waals surface area contributed by atoms with Crippen molar-refractivity contribution in [1.29, 1.82) is 0 Å². The molecular weight excluding hydrogens is 234 g/mol. The molecule has 0 spiro atoms. The number of aromatic hydroxyl groups is 1. The van der Waals surface area contributed by atoms with E-state index in [0.717, 1.165) is 5.56 Å².